The molecule has 0 saturated heterocycles. The first-order chi connectivity index (χ1) is 21.7. The number of thiophene rings is 1. The molecule has 9 nitrogen and oxygen atoms in total. The summed E-state index contributed by atoms with van der Waals surface area (Å²) >= 11 is 2.77. The molecule has 11 heteroatoms. The van der Waals surface area contributed by atoms with Gasteiger partial charge in [0, 0.05) is 28.1 Å². The van der Waals surface area contributed by atoms with E-state index in [9.17, 15) is 19.2 Å². The number of benzene rings is 3. The lowest BCUT2D eigenvalue weighted by Gasteiger charge is -2.13. The summed E-state index contributed by atoms with van der Waals surface area (Å²) in [4.78, 5) is 53.9. The maximum absolute atomic E-state index is 13.2. The number of nitrogens with one attached hydrogen (secondary N) is 3. The van der Waals surface area contributed by atoms with Crippen LogP contribution in [0.1, 0.15) is 27.9 Å². The van der Waals surface area contributed by atoms with Crippen molar-refractivity contribution in [1.82, 2.24) is 14.7 Å². The van der Waals surface area contributed by atoms with Crippen LogP contribution in [0.4, 0.5) is 11.4 Å². The van der Waals surface area contributed by atoms with Crippen molar-refractivity contribution in [2.45, 2.75) is 24.0 Å². The average Bonchev–Trinajstić information content (AvgIpc) is 3.64. The third-order valence-electron chi connectivity index (χ3n) is 6.96. The number of hydrogen-bond acceptors (Lipinski definition) is 6. The predicted octanol–water partition coefficient (Wildman–Crippen LogP) is 6.07. The van der Waals surface area contributed by atoms with Crippen molar-refractivity contribution in [2.75, 3.05) is 10.6 Å². The third-order valence-corrected chi connectivity index (χ3v) is 8.89. The highest BCUT2D eigenvalue weighted by molar-refractivity contribution is 8.00. The van der Waals surface area contributed by atoms with Crippen LogP contribution < -0.4 is 21.5 Å². The highest BCUT2D eigenvalue weighted by atomic mass is 32.2. The van der Waals surface area contributed by atoms with E-state index in [0.717, 1.165) is 9.77 Å². The molecule has 0 aliphatic carbocycles. The molecule has 2 heterocycles. The van der Waals surface area contributed by atoms with Gasteiger partial charge < -0.3 is 16.0 Å². The SMILES string of the molecule is Cc1c(NC(=O)C(C)Sc2ccc(NC(=O)/C(=C/c3cccs3)NC(=O)c3ccccc3)cc2)c(=O)n(-c2ccccc2)n1C. The molecule has 0 spiro atoms. The van der Waals surface area contributed by atoms with Gasteiger partial charge in [0.1, 0.15) is 11.4 Å². The van der Waals surface area contributed by atoms with Crippen LogP contribution in [0.25, 0.3) is 11.8 Å². The Balaban J connectivity index is 1.23. The van der Waals surface area contributed by atoms with E-state index in [4.69, 9.17) is 0 Å². The van der Waals surface area contributed by atoms with Gasteiger partial charge in [0.25, 0.3) is 17.4 Å². The average molecular weight is 638 g/mol. The molecule has 5 rings (SSSR count). The van der Waals surface area contributed by atoms with Crippen molar-refractivity contribution in [1.29, 1.82) is 0 Å². The van der Waals surface area contributed by atoms with Gasteiger partial charge in [-0.25, -0.2) is 4.68 Å². The molecule has 0 aliphatic heterocycles. The molecular formula is C34H31N5O4S2. The van der Waals surface area contributed by atoms with Crippen LogP contribution in [0.5, 0.6) is 0 Å². The van der Waals surface area contributed by atoms with Gasteiger partial charge in [-0.1, -0.05) is 42.5 Å². The molecule has 45 heavy (non-hydrogen) atoms. The van der Waals surface area contributed by atoms with Gasteiger partial charge in [-0.2, -0.15) is 0 Å². The number of anilines is 2. The summed E-state index contributed by atoms with van der Waals surface area (Å²) in [6.45, 7) is 3.55. The molecule has 0 radical (unpaired) electrons. The first-order valence-electron chi connectivity index (χ1n) is 14.1. The van der Waals surface area contributed by atoms with Crippen LogP contribution in [-0.2, 0) is 16.6 Å². The zero-order valence-electron chi connectivity index (χ0n) is 24.8. The number of carbonyl (C=O) groups excluding carboxylic acids is 3. The first kappa shape index (κ1) is 31.3. The van der Waals surface area contributed by atoms with E-state index >= 15 is 0 Å². The van der Waals surface area contributed by atoms with Gasteiger partial charge in [-0.05, 0) is 79.9 Å². The fourth-order valence-corrected chi connectivity index (χ4v) is 5.99. The number of amides is 3. The number of carbonyl (C=O) groups is 3. The van der Waals surface area contributed by atoms with E-state index < -0.39 is 17.1 Å². The van der Waals surface area contributed by atoms with Crippen LogP contribution in [0.15, 0.2) is 118 Å². The summed E-state index contributed by atoms with van der Waals surface area (Å²) in [5, 5.41) is 9.75. The van der Waals surface area contributed by atoms with E-state index in [2.05, 4.69) is 16.0 Å². The second-order valence-corrected chi connectivity index (χ2v) is 12.5. The lowest BCUT2D eigenvalue weighted by atomic mass is 10.2. The maximum atomic E-state index is 13.2. The second-order valence-electron chi connectivity index (χ2n) is 10.1. The van der Waals surface area contributed by atoms with Crippen LogP contribution in [0.2, 0.25) is 0 Å². The molecule has 0 fully saturated rings. The number of aromatic nitrogens is 2. The van der Waals surface area contributed by atoms with Crippen LogP contribution >= 0.6 is 23.1 Å². The minimum Gasteiger partial charge on any atom is -0.321 e. The van der Waals surface area contributed by atoms with Crippen molar-refractivity contribution >= 4 is 58.3 Å². The summed E-state index contributed by atoms with van der Waals surface area (Å²) in [5.74, 6) is -1.17. The summed E-state index contributed by atoms with van der Waals surface area (Å²) in [6, 6.07) is 28.7. The van der Waals surface area contributed by atoms with Crippen LogP contribution in [0.3, 0.4) is 0 Å². The quantitative estimate of drug-likeness (QED) is 0.127. The number of para-hydroxylation sites is 1. The highest BCUT2D eigenvalue weighted by Gasteiger charge is 2.22. The molecule has 0 saturated carbocycles. The standard InChI is InChI=1S/C34H31N5O4S2/c1-22-30(34(43)39(38(22)3)26-13-8-5-9-14-26)37-31(40)23(2)45-27-18-16-25(17-19-27)35-33(42)29(21-28-15-10-20-44-28)36-32(41)24-11-6-4-7-12-24/h4-21,23H,1-3H3,(H,35,42)(H,36,41)(H,37,40)/b29-21-. The number of hydrogen-bond donors (Lipinski definition) is 3. The molecule has 3 N–H and O–H groups in total. The largest absolute Gasteiger partial charge is 0.321 e. The second kappa shape index (κ2) is 14.1. The molecule has 0 aliphatic rings. The van der Waals surface area contributed by atoms with Crippen molar-refractivity contribution in [2.24, 2.45) is 7.05 Å². The number of nitrogens with zero attached hydrogens (tertiary/aromatic N) is 2. The topological polar surface area (TPSA) is 114 Å². The Hall–Kier alpha value is -5.13. The fraction of sp³-hybridized carbons (Fsp3) is 0.118. The lowest BCUT2D eigenvalue weighted by molar-refractivity contribution is -0.115. The van der Waals surface area contributed by atoms with Gasteiger partial charge in [-0.15, -0.1) is 23.1 Å². The van der Waals surface area contributed by atoms with Gasteiger partial charge in [0.2, 0.25) is 5.91 Å². The molecule has 5 aromatic rings. The van der Waals surface area contributed by atoms with Gasteiger partial charge >= 0.3 is 0 Å². The number of rotatable bonds is 10. The molecule has 3 amide bonds. The van der Waals surface area contributed by atoms with Crippen LogP contribution in [0, 0.1) is 6.92 Å². The van der Waals surface area contributed by atoms with Crippen molar-refractivity contribution in [3.63, 3.8) is 0 Å². The molecule has 1 atom stereocenters. The van der Waals surface area contributed by atoms with Crippen molar-refractivity contribution in [3.8, 4) is 5.69 Å². The third kappa shape index (κ3) is 7.51. The first-order valence-corrected chi connectivity index (χ1v) is 15.8. The van der Waals surface area contributed by atoms with Gasteiger partial charge in [0.15, 0.2) is 0 Å². The Morgan fingerprint density at radius 3 is 2.18 bits per heavy atom. The Bertz CT molecular complexity index is 1900. The van der Waals surface area contributed by atoms with E-state index in [1.165, 1.54) is 27.8 Å². The molecule has 3 aromatic carbocycles. The van der Waals surface area contributed by atoms with E-state index in [1.54, 1.807) is 80.2 Å². The summed E-state index contributed by atoms with van der Waals surface area (Å²) < 4.78 is 3.23. The normalized spacial score (nSPS) is 11.9. The lowest BCUT2D eigenvalue weighted by Crippen LogP contribution is -2.30. The zero-order valence-corrected chi connectivity index (χ0v) is 26.4. The fourth-order valence-electron chi connectivity index (χ4n) is 4.47. The van der Waals surface area contributed by atoms with E-state index in [-0.39, 0.29) is 22.9 Å². The number of thioether (sulfide) groups is 1. The summed E-state index contributed by atoms with van der Waals surface area (Å²) in [5.41, 5.74) is 2.34. The van der Waals surface area contributed by atoms with Gasteiger partial charge in [-0.3, -0.25) is 23.9 Å². The monoisotopic (exact) mass is 637 g/mol. The molecule has 228 valence electrons. The van der Waals surface area contributed by atoms with Crippen molar-refractivity contribution in [3.05, 3.63) is 135 Å². The van der Waals surface area contributed by atoms with Crippen LogP contribution in [-0.4, -0.2) is 32.3 Å². The minimum atomic E-state index is -0.511. The Kier molecular flexibility index (Phi) is 9.81. The Labute approximate surface area is 268 Å². The Morgan fingerprint density at radius 2 is 1.53 bits per heavy atom. The van der Waals surface area contributed by atoms with Crippen molar-refractivity contribution < 1.29 is 14.4 Å². The summed E-state index contributed by atoms with van der Waals surface area (Å²) in [7, 11) is 1.77. The van der Waals surface area contributed by atoms with E-state index in [0.29, 0.717) is 22.6 Å². The predicted molar refractivity (Wildman–Crippen MR) is 181 cm³/mol. The molecule has 0 bridgehead atoms. The molecule has 1 unspecified atom stereocenters. The van der Waals surface area contributed by atoms with Gasteiger partial charge in [0.05, 0.1) is 16.6 Å². The van der Waals surface area contributed by atoms with E-state index in [1.807, 2.05) is 53.9 Å². The Morgan fingerprint density at radius 1 is 0.867 bits per heavy atom. The smallest absolute Gasteiger partial charge is 0.295 e. The maximum Gasteiger partial charge on any atom is 0.295 e. The minimum absolute atomic E-state index is 0.109. The zero-order chi connectivity index (χ0) is 31.9. The molecular weight excluding hydrogens is 607 g/mol. The molecule has 2 aromatic heterocycles. The summed E-state index contributed by atoms with van der Waals surface area (Å²) in [6.07, 6.45) is 1.63. The highest BCUT2D eigenvalue weighted by Crippen LogP contribution is 2.26.